The van der Waals surface area contributed by atoms with E-state index in [-0.39, 0.29) is 30.3 Å². The summed E-state index contributed by atoms with van der Waals surface area (Å²) in [6, 6.07) is 4.43. The number of hydrogen-bond acceptors (Lipinski definition) is 5. The van der Waals surface area contributed by atoms with Gasteiger partial charge in [0.2, 0.25) is 0 Å². The van der Waals surface area contributed by atoms with E-state index in [1.54, 1.807) is 0 Å². The maximum Gasteiger partial charge on any atom is 0.256 e. The normalized spacial score (nSPS) is 16.1. The molecule has 0 bridgehead atoms. The number of carbonyl (C=O) groups excluding carboxylic acids is 3. The van der Waals surface area contributed by atoms with E-state index >= 15 is 0 Å². The van der Waals surface area contributed by atoms with Crippen LogP contribution >= 0.6 is 34.8 Å². The molecule has 0 N–H and O–H groups in total. The van der Waals surface area contributed by atoms with Crippen molar-refractivity contribution in [2.45, 2.75) is 19.8 Å². The monoisotopic (exact) mass is 444 g/mol. The van der Waals surface area contributed by atoms with Crippen LogP contribution in [0.1, 0.15) is 30.1 Å². The molecule has 9 heteroatoms. The molecule has 28 heavy (non-hydrogen) atoms. The SMILES string of the molecule is CCCC(=NOC/C=C\Cl)C1C(=O)CN(C(=O)c2ccc(Cl)cc2Cl)CC1=O. The number of Topliss-reactive ketones (excluding diaryl/α,β-unsaturated/α-hetero) is 2. The van der Waals surface area contributed by atoms with Crippen molar-refractivity contribution in [1.29, 1.82) is 0 Å². The molecule has 6 nitrogen and oxygen atoms in total. The molecule has 1 fully saturated rings. The number of carbonyl (C=O) groups is 3. The lowest BCUT2D eigenvalue weighted by molar-refractivity contribution is -0.134. The maximum absolute atomic E-state index is 12.7. The van der Waals surface area contributed by atoms with Crippen molar-refractivity contribution < 1.29 is 19.2 Å². The van der Waals surface area contributed by atoms with Crippen molar-refractivity contribution >= 4 is 58.0 Å². The number of halogens is 3. The first-order chi connectivity index (χ1) is 13.4. The molecule has 1 aliphatic rings. The van der Waals surface area contributed by atoms with Crippen LogP contribution in [0, 0.1) is 5.92 Å². The summed E-state index contributed by atoms with van der Waals surface area (Å²) < 4.78 is 0. The first-order valence-electron chi connectivity index (χ1n) is 8.62. The first kappa shape index (κ1) is 22.4. The Morgan fingerprint density at radius 3 is 2.54 bits per heavy atom. The highest BCUT2D eigenvalue weighted by Crippen LogP contribution is 2.24. The van der Waals surface area contributed by atoms with Crippen LogP contribution < -0.4 is 0 Å². The smallest absolute Gasteiger partial charge is 0.256 e. The summed E-state index contributed by atoms with van der Waals surface area (Å²) in [7, 11) is 0. The average Bonchev–Trinajstić information content (AvgIpc) is 2.64. The van der Waals surface area contributed by atoms with Crippen molar-refractivity contribution in [3.05, 3.63) is 45.4 Å². The third-order valence-corrected chi connectivity index (χ3v) is 4.79. The van der Waals surface area contributed by atoms with Gasteiger partial charge < -0.3 is 9.74 Å². The number of benzene rings is 1. The number of ketones is 2. The summed E-state index contributed by atoms with van der Waals surface area (Å²) in [6.45, 7) is 1.62. The van der Waals surface area contributed by atoms with Crippen LogP contribution in [0.3, 0.4) is 0 Å². The summed E-state index contributed by atoms with van der Waals surface area (Å²) in [5.41, 5.74) is 1.83. The zero-order chi connectivity index (χ0) is 20.7. The molecule has 0 aromatic heterocycles. The minimum absolute atomic E-state index is 0.130. The fourth-order valence-corrected chi connectivity index (χ4v) is 3.40. The molecule has 0 unspecified atom stereocenters. The van der Waals surface area contributed by atoms with Crippen molar-refractivity contribution in [1.82, 2.24) is 4.90 Å². The van der Waals surface area contributed by atoms with Gasteiger partial charge in [0.15, 0.2) is 11.6 Å². The van der Waals surface area contributed by atoms with Crippen LogP contribution in [-0.4, -0.2) is 47.8 Å². The molecule has 0 saturated carbocycles. The summed E-state index contributed by atoms with van der Waals surface area (Å²) >= 11 is 17.3. The van der Waals surface area contributed by atoms with Crippen LogP contribution in [0.15, 0.2) is 35.0 Å². The third kappa shape index (κ3) is 5.56. The molecule has 1 amide bonds. The lowest BCUT2D eigenvalue weighted by atomic mass is 9.87. The summed E-state index contributed by atoms with van der Waals surface area (Å²) in [6.07, 6.45) is 2.66. The lowest BCUT2D eigenvalue weighted by Crippen LogP contribution is -2.52. The second-order valence-corrected chi connectivity index (χ2v) is 7.24. The predicted octanol–water partition coefficient (Wildman–Crippen LogP) is 4.13. The molecule has 1 saturated heterocycles. The Balaban J connectivity index is 2.17. The van der Waals surface area contributed by atoms with Crippen LogP contribution in [-0.2, 0) is 14.4 Å². The van der Waals surface area contributed by atoms with Crippen molar-refractivity contribution in [3.8, 4) is 0 Å². The Hall–Kier alpha value is -1.89. The molecule has 0 atom stereocenters. The van der Waals surface area contributed by atoms with Crippen LogP contribution in [0.4, 0.5) is 0 Å². The van der Waals surface area contributed by atoms with Crippen molar-refractivity contribution in [3.63, 3.8) is 0 Å². The molecule has 150 valence electrons. The Morgan fingerprint density at radius 2 is 1.96 bits per heavy atom. The van der Waals surface area contributed by atoms with Gasteiger partial charge in [0.25, 0.3) is 5.91 Å². The highest BCUT2D eigenvalue weighted by Gasteiger charge is 2.39. The van der Waals surface area contributed by atoms with Crippen molar-refractivity contribution in [2.24, 2.45) is 11.1 Å². The van der Waals surface area contributed by atoms with E-state index in [4.69, 9.17) is 39.6 Å². The lowest BCUT2D eigenvalue weighted by Gasteiger charge is -2.30. The topological polar surface area (TPSA) is 76.0 Å². The van der Waals surface area contributed by atoms with E-state index in [1.165, 1.54) is 34.7 Å². The molecule has 1 aromatic carbocycles. The minimum atomic E-state index is -1.01. The third-order valence-electron chi connectivity index (χ3n) is 4.07. The van der Waals surface area contributed by atoms with Gasteiger partial charge in [0.05, 0.1) is 29.4 Å². The number of nitrogens with zero attached hydrogens (tertiary/aromatic N) is 2. The summed E-state index contributed by atoms with van der Waals surface area (Å²) in [4.78, 5) is 44.3. The largest absolute Gasteiger partial charge is 0.392 e. The molecule has 0 radical (unpaired) electrons. The molecule has 2 rings (SSSR count). The van der Waals surface area contributed by atoms with Gasteiger partial charge >= 0.3 is 0 Å². The standard InChI is InChI=1S/C19H19Cl3N2O4/c1-2-4-15(23-28-8-3-7-20)18-16(25)10-24(11-17(18)26)19(27)13-6-5-12(21)9-14(13)22/h3,5-7,9,18H,2,4,8,10-11H2,1H3/b7-3-,23-15?. The Labute approximate surface area is 178 Å². The molecule has 1 heterocycles. The van der Waals surface area contributed by atoms with E-state index < -0.39 is 23.4 Å². The highest BCUT2D eigenvalue weighted by molar-refractivity contribution is 6.37. The zero-order valence-corrected chi connectivity index (χ0v) is 17.4. The van der Waals surface area contributed by atoms with E-state index in [1.807, 2.05) is 6.92 Å². The minimum Gasteiger partial charge on any atom is -0.392 e. The van der Waals surface area contributed by atoms with E-state index in [2.05, 4.69) is 5.16 Å². The number of amides is 1. The van der Waals surface area contributed by atoms with Gasteiger partial charge in [-0.25, -0.2) is 0 Å². The fraction of sp³-hybridized carbons (Fsp3) is 0.368. The van der Waals surface area contributed by atoms with Gasteiger partial charge in [-0.1, -0.05) is 53.3 Å². The highest BCUT2D eigenvalue weighted by atomic mass is 35.5. The Kier molecular flexibility index (Phi) is 8.48. The predicted molar refractivity (Wildman–Crippen MR) is 109 cm³/mol. The number of likely N-dealkylation sites (tertiary alicyclic amines) is 1. The van der Waals surface area contributed by atoms with E-state index in [9.17, 15) is 14.4 Å². The Morgan fingerprint density at radius 1 is 1.29 bits per heavy atom. The van der Waals surface area contributed by atoms with Gasteiger partial charge in [0, 0.05) is 10.6 Å². The number of rotatable bonds is 7. The van der Waals surface area contributed by atoms with Gasteiger partial charge in [-0.2, -0.15) is 0 Å². The number of hydrogen-bond donors (Lipinski definition) is 0. The van der Waals surface area contributed by atoms with E-state index in [0.29, 0.717) is 23.6 Å². The van der Waals surface area contributed by atoms with Gasteiger partial charge in [-0.05, 0) is 30.7 Å². The molecule has 0 aliphatic carbocycles. The van der Waals surface area contributed by atoms with Gasteiger partial charge in [0.1, 0.15) is 12.5 Å². The van der Waals surface area contributed by atoms with E-state index in [0.717, 1.165) is 0 Å². The molecular weight excluding hydrogens is 427 g/mol. The quantitative estimate of drug-likeness (QED) is 0.274. The summed E-state index contributed by atoms with van der Waals surface area (Å²) in [5, 5.41) is 4.50. The Bertz CT molecular complexity index is 805. The van der Waals surface area contributed by atoms with Gasteiger partial charge in [-0.15, -0.1) is 0 Å². The second kappa shape index (κ2) is 10.6. The first-order valence-corrected chi connectivity index (χ1v) is 9.82. The number of oxime groups is 1. The van der Waals surface area contributed by atoms with Crippen molar-refractivity contribution in [2.75, 3.05) is 19.7 Å². The second-order valence-electron chi connectivity index (χ2n) is 6.14. The maximum atomic E-state index is 12.7. The average molecular weight is 446 g/mol. The van der Waals surface area contributed by atoms with Crippen LogP contribution in [0.2, 0.25) is 10.0 Å². The van der Waals surface area contributed by atoms with Crippen LogP contribution in [0.5, 0.6) is 0 Å². The zero-order valence-electron chi connectivity index (χ0n) is 15.2. The molecular formula is C19H19Cl3N2O4. The molecule has 0 spiro atoms. The van der Waals surface area contributed by atoms with Gasteiger partial charge in [-0.3, -0.25) is 14.4 Å². The molecule has 1 aliphatic heterocycles. The van der Waals surface area contributed by atoms with Crippen LogP contribution in [0.25, 0.3) is 0 Å². The molecule has 1 aromatic rings. The fourth-order valence-electron chi connectivity index (χ4n) is 2.84. The number of piperidine rings is 1. The summed E-state index contributed by atoms with van der Waals surface area (Å²) in [5.74, 6) is -2.32.